The standard InChI is InChI=1S/C17H11F2N3O3S2/c1-2-7-21-16-12(19)8-10(18)9-13(16)27-17(21)20-14(23)5-3-11-4-6-15(26-11)22(24)25/h2-6,8-9H,1,7H2. The minimum atomic E-state index is -0.751. The maximum atomic E-state index is 14.1. The molecule has 1 amide bonds. The SMILES string of the molecule is C=CCn1c(=NC(=O)C=Cc2ccc([N+](=O)[O-])s2)sc2cc(F)cc(F)c21. The third-order valence-corrected chi connectivity index (χ3v) is 5.42. The second-order valence-electron chi connectivity index (χ2n) is 5.23. The van der Waals surface area contributed by atoms with Gasteiger partial charge in [-0.15, -0.1) is 6.58 Å². The summed E-state index contributed by atoms with van der Waals surface area (Å²) in [5.41, 5.74) is 0.144. The number of nitrogens with zero attached hydrogens (tertiary/aromatic N) is 3. The number of amides is 1. The molecule has 0 aliphatic heterocycles. The van der Waals surface area contributed by atoms with E-state index in [1.807, 2.05) is 0 Å². The van der Waals surface area contributed by atoms with Gasteiger partial charge in [-0.2, -0.15) is 4.99 Å². The van der Waals surface area contributed by atoms with Crippen LogP contribution in [-0.4, -0.2) is 15.4 Å². The van der Waals surface area contributed by atoms with Crippen molar-refractivity contribution >= 4 is 49.9 Å². The average Bonchev–Trinajstić information content (AvgIpc) is 3.19. The molecule has 0 radical (unpaired) electrons. The molecule has 3 rings (SSSR count). The molecule has 2 heterocycles. The van der Waals surface area contributed by atoms with Gasteiger partial charge in [0.25, 0.3) is 5.91 Å². The summed E-state index contributed by atoms with van der Waals surface area (Å²) in [7, 11) is 0. The summed E-state index contributed by atoms with van der Waals surface area (Å²) in [5, 5.41) is 10.6. The zero-order chi connectivity index (χ0) is 19.6. The molecular weight excluding hydrogens is 396 g/mol. The van der Waals surface area contributed by atoms with Crippen LogP contribution in [0.15, 0.2) is 48.0 Å². The van der Waals surface area contributed by atoms with Gasteiger partial charge in [0.05, 0.1) is 15.1 Å². The number of halogens is 2. The highest BCUT2D eigenvalue weighted by molar-refractivity contribution is 7.16. The Morgan fingerprint density at radius 1 is 1.33 bits per heavy atom. The lowest BCUT2D eigenvalue weighted by atomic mass is 10.3. The van der Waals surface area contributed by atoms with Crippen LogP contribution in [0.2, 0.25) is 0 Å². The Balaban J connectivity index is 1.98. The number of thiophene rings is 1. The highest BCUT2D eigenvalue weighted by Gasteiger charge is 2.13. The van der Waals surface area contributed by atoms with Gasteiger partial charge in [0.15, 0.2) is 10.6 Å². The molecule has 3 aromatic rings. The van der Waals surface area contributed by atoms with Crippen molar-refractivity contribution in [1.29, 1.82) is 0 Å². The normalized spacial score (nSPS) is 12.1. The van der Waals surface area contributed by atoms with Crippen LogP contribution in [0.5, 0.6) is 0 Å². The number of nitro groups is 1. The van der Waals surface area contributed by atoms with Crippen LogP contribution in [-0.2, 0) is 11.3 Å². The van der Waals surface area contributed by atoms with Crippen molar-refractivity contribution in [2.24, 2.45) is 4.99 Å². The fourth-order valence-electron chi connectivity index (χ4n) is 2.33. The fourth-order valence-corrected chi connectivity index (χ4v) is 4.14. The summed E-state index contributed by atoms with van der Waals surface area (Å²) < 4.78 is 29.3. The summed E-state index contributed by atoms with van der Waals surface area (Å²) in [6.45, 7) is 3.79. The van der Waals surface area contributed by atoms with E-state index in [0.717, 1.165) is 34.8 Å². The number of aromatic nitrogens is 1. The molecule has 6 nitrogen and oxygen atoms in total. The molecule has 0 spiro atoms. The van der Waals surface area contributed by atoms with Crippen LogP contribution in [0.1, 0.15) is 4.88 Å². The molecule has 0 bridgehead atoms. The molecule has 27 heavy (non-hydrogen) atoms. The maximum Gasteiger partial charge on any atom is 0.324 e. The van der Waals surface area contributed by atoms with E-state index >= 15 is 0 Å². The molecule has 0 saturated carbocycles. The molecule has 0 saturated heterocycles. The van der Waals surface area contributed by atoms with Gasteiger partial charge in [0.1, 0.15) is 5.82 Å². The Labute approximate surface area is 159 Å². The Kier molecular flexibility index (Phi) is 5.38. The summed E-state index contributed by atoms with van der Waals surface area (Å²) in [6, 6.07) is 4.80. The molecule has 0 aliphatic carbocycles. The van der Waals surface area contributed by atoms with E-state index < -0.39 is 22.5 Å². The molecule has 2 aromatic heterocycles. The summed E-state index contributed by atoms with van der Waals surface area (Å²) in [6.07, 6.45) is 4.09. The first-order valence-electron chi connectivity index (χ1n) is 7.49. The third-order valence-electron chi connectivity index (χ3n) is 3.40. The van der Waals surface area contributed by atoms with E-state index in [-0.39, 0.29) is 21.9 Å². The number of carbonyl (C=O) groups is 1. The van der Waals surface area contributed by atoms with Gasteiger partial charge in [0.2, 0.25) is 0 Å². The van der Waals surface area contributed by atoms with Crippen molar-refractivity contribution in [3.63, 3.8) is 0 Å². The number of thiazole rings is 1. The van der Waals surface area contributed by atoms with Crippen LogP contribution in [0.25, 0.3) is 16.3 Å². The molecule has 1 aromatic carbocycles. The highest BCUT2D eigenvalue weighted by Crippen LogP contribution is 2.25. The van der Waals surface area contributed by atoms with Crippen LogP contribution in [0.3, 0.4) is 0 Å². The zero-order valence-corrected chi connectivity index (χ0v) is 15.2. The number of allylic oxidation sites excluding steroid dienone is 1. The van der Waals surface area contributed by atoms with Crippen molar-refractivity contribution in [3.8, 4) is 0 Å². The van der Waals surface area contributed by atoms with Crippen LogP contribution in [0, 0.1) is 21.7 Å². The lowest BCUT2D eigenvalue weighted by Crippen LogP contribution is -2.16. The second kappa shape index (κ2) is 7.72. The number of benzene rings is 1. The van der Waals surface area contributed by atoms with E-state index in [4.69, 9.17) is 0 Å². The van der Waals surface area contributed by atoms with Crippen molar-refractivity contribution in [3.05, 3.63) is 74.4 Å². The molecule has 0 N–H and O–H groups in total. The van der Waals surface area contributed by atoms with Crippen LogP contribution < -0.4 is 4.80 Å². The first kappa shape index (κ1) is 18.8. The molecule has 0 aliphatic rings. The van der Waals surface area contributed by atoms with E-state index in [1.165, 1.54) is 34.9 Å². The number of carbonyl (C=O) groups excluding carboxylic acids is 1. The highest BCUT2D eigenvalue weighted by atomic mass is 32.1. The second-order valence-corrected chi connectivity index (χ2v) is 7.34. The van der Waals surface area contributed by atoms with Crippen LogP contribution in [0.4, 0.5) is 13.8 Å². The van der Waals surface area contributed by atoms with Gasteiger partial charge in [-0.25, -0.2) is 8.78 Å². The average molecular weight is 407 g/mol. The van der Waals surface area contributed by atoms with Gasteiger partial charge in [-0.3, -0.25) is 14.9 Å². The lowest BCUT2D eigenvalue weighted by molar-refractivity contribution is -0.380. The zero-order valence-electron chi connectivity index (χ0n) is 13.6. The topological polar surface area (TPSA) is 77.5 Å². The molecular formula is C17H11F2N3O3S2. The number of hydrogen-bond donors (Lipinski definition) is 0. The minimum absolute atomic E-state index is 0.0372. The van der Waals surface area contributed by atoms with Gasteiger partial charge in [-0.05, 0) is 18.2 Å². The Morgan fingerprint density at radius 3 is 2.78 bits per heavy atom. The Morgan fingerprint density at radius 2 is 2.11 bits per heavy atom. The van der Waals surface area contributed by atoms with Gasteiger partial charge < -0.3 is 4.57 Å². The predicted molar refractivity (Wildman–Crippen MR) is 101 cm³/mol. The van der Waals surface area contributed by atoms with Crippen LogP contribution >= 0.6 is 22.7 Å². The van der Waals surface area contributed by atoms with Gasteiger partial charge in [0, 0.05) is 29.6 Å². The number of fused-ring (bicyclic) bond motifs is 1. The predicted octanol–water partition coefficient (Wildman–Crippen LogP) is 4.28. The largest absolute Gasteiger partial charge is 0.324 e. The van der Waals surface area contributed by atoms with E-state index in [0.29, 0.717) is 9.58 Å². The van der Waals surface area contributed by atoms with Crippen molar-refractivity contribution in [2.45, 2.75) is 6.54 Å². The number of rotatable bonds is 5. The molecule has 0 atom stereocenters. The fraction of sp³-hybridized carbons (Fsp3) is 0.0588. The van der Waals surface area contributed by atoms with Gasteiger partial charge in [-0.1, -0.05) is 28.7 Å². The molecule has 10 heteroatoms. The van der Waals surface area contributed by atoms with E-state index in [9.17, 15) is 23.7 Å². The maximum absolute atomic E-state index is 14.1. The van der Waals surface area contributed by atoms with E-state index in [2.05, 4.69) is 11.6 Å². The molecule has 138 valence electrons. The smallest absolute Gasteiger partial charge is 0.310 e. The summed E-state index contributed by atoms with van der Waals surface area (Å²) >= 11 is 1.90. The lowest BCUT2D eigenvalue weighted by Gasteiger charge is -2.01. The first-order valence-corrected chi connectivity index (χ1v) is 9.12. The van der Waals surface area contributed by atoms with Crippen molar-refractivity contribution in [2.75, 3.05) is 0 Å². The Hall–Kier alpha value is -2.98. The molecule has 0 unspecified atom stereocenters. The van der Waals surface area contributed by atoms with Crippen molar-refractivity contribution < 1.29 is 18.5 Å². The minimum Gasteiger partial charge on any atom is -0.310 e. The van der Waals surface area contributed by atoms with Gasteiger partial charge >= 0.3 is 5.00 Å². The van der Waals surface area contributed by atoms with Crippen molar-refractivity contribution in [1.82, 2.24) is 4.57 Å². The first-order chi connectivity index (χ1) is 12.9. The quantitative estimate of drug-likeness (QED) is 0.274. The Bertz CT molecular complexity index is 1160. The third kappa shape index (κ3) is 4.07. The molecule has 0 fully saturated rings. The van der Waals surface area contributed by atoms with E-state index in [1.54, 1.807) is 0 Å². The monoisotopic (exact) mass is 407 g/mol. The number of hydrogen-bond acceptors (Lipinski definition) is 5. The summed E-state index contributed by atoms with van der Waals surface area (Å²) in [4.78, 5) is 26.9. The summed E-state index contributed by atoms with van der Waals surface area (Å²) in [5.74, 6) is -2.10.